The smallest absolute Gasteiger partial charge is 0.340 e. The Morgan fingerprint density at radius 1 is 0.356 bits per heavy atom. The van der Waals surface area contributed by atoms with Crippen LogP contribution in [0.3, 0.4) is 0 Å². The summed E-state index contributed by atoms with van der Waals surface area (Å²) >= 11 is 0. The molecule has 0 radical (unpaired) electrons. The molecule has 9 rings (SSSR count). The van der Waals surface area contributed by atoms with Crippen molar-refractivity contribution in [3.63, 3.8) is 0 Å². The van der Waals surface area contributed by atoms with Gasteiger partial charge in [-0.15, -0.1) is 108 Å². The van der Waals surface area contributed by atoms with Crippen LogP contribution in [0.5, 0.6) is 0 Å². The summed E-state index contributed by atoms with van der Waals surface area (Å²) in [5.41, 5.74) is 11.2. The van der Waals surface area contributed by atoms with E-state index in [1.165, 1.54) is 49.3 Å². The van der Waals surface area contributed by atoms with Gasteiger partial charge in [0.25, 0.3) is 0 Å². The van der Waals surface area contributed by atoms with Crippen molar-refractivity contribution in [1.29, 1.82) is 0 Å². The van der Waals surface area contributed by atoms with Gasteiger partial charge >= 0.3 is 20.1 Å². The van der Waals surface area contributed by atoms with E-state index in [1.54, 1.807) is 0 Å². The van der Waals surface area contributed by atoms with E-state index in [-0.39, 0.29) is 20.1 Å². The first-order valence-corrected chi connectivity index (χ1v) is 36.1. The summed E-state index contributed by atoms with van der Waals surface area (Å²) in [6.07, 6.45) is 11.9. The maximum Gasteiger partial charge on any atom is 3.00 e. The van der Waals surface area contributed by atoms with Crippen molar-refractivity contribution in [3.8, 4) is 51.2 Å². The molecule has 0 unspecified atom stereocenters. The zero-order chi connectivity index (χ0) is 52.0. The van der Waals surface area contributed by atoms with Gasteiger partial charge in [0.05, 0.1) is 41.7 Å². The van der Waals surface area contributed by atoms with Crippen LogP contribution in [0.15, 0.2) is 165 Å². The summed E-state index contributed by atoms with van der Waals surface area (Å²) in [6.45, 7) is 35.2. The van der Waals surface area contributed by atoms with E-state index in [9.17, 15) is 0 Å². The van der Waals surface area contributed by atoms with Crippen molar-refractivity contribution < 1.29 is 20.1 Å². The number of para-hydroxylation sites is 3. The SMILES string of the molecule is CC(C)c1cccc([Si](C)(C)C)c1-n1ccnc1-c1[c-]cccc1.CC(C)c1cccc([Si](C)(C)C)c1-n1ccnc1-c1[c-]cccc1.CC(C)c1cccc([Si](C)(C)C)c1-n1ccnc1-c1[c-]cccc1.[Ir+3]. The number of hydrogen-bond acceptors (Lipinski definition) is 3. The molecular formula is C63H75IrN6Si3. The zero-order valence-corrected chi connectivity index (χ0v) is 51.2. The van der Waals surface area contributed by atoms with Crippen LogP contribution in [-0.2, 0) is 20.1 Å². The van der Waals surface area contributed by atoms with Crippen LogP contribution >= 0.6 is 0 Å². The summed E-state index contributed by atoms with van der Waals surface area (Å²) in [5.74, 6) is 4.28. The van der Waals surface area contributed by atoms with Crippen molar-refractivity contribution in [2.75, 3.05) is 0 Å². The number of rotatable bonds is 12. The fraction of sp³-hybridized carbons (Fsp3) is 0.286. The average Bonchev–Trinajstić information content (AvgIpc) is 4.16. The first-order chi connectivity index (χ1) is 34.2. The third-order valence-electron chi connectivity index (χ3n) is 13.0. The van der Waals surface area contributed by atoms with E-state index in [0.717, 1.165) is 34.2 Å². The Hall–Kier alpha value is -5.75. The largest absolute Gasteiger partial charge is 3.00 e. The number of benzene rings is 6. The summed E-state index contributed by atoms with van der Waals surface area (Å²) in [4.78, 5) is 13.9. The Morgan fingerprint density at radius 2 is 0.616 bits per heavy atom. The van der Waals surface area contributed by atoms with Gasteiger partial charge in [-0.25, -0.2) is 0 Å². The van der Waals surface area contributed by atoms with Crippen LogP contribution in [0, 0.1) is 18.2 Å². The molecule has 378 valence electrons. The molecule has 10 heteroatoms. The number of hydrogen-bond donors (Lipinski definition) is 0. The molecule has 0 aliphatic rings. The molecule has 0 bridgehead atoms. The molecule has 0 aliphatic heterocycles. The van der Waals surface area contributed by atoms with E-state index in [2.05, 4.69) is 239 Å². The molecule has 0 fully saturated rings. The summed E-state index contributed by atoms with van der Waals surface area (Å²) in [7, 11) is -4.48. The molecule has 0 saturated carbocycles. The van der Waals surface area contributed by atoms with Crippen LogP contribution in [0.2, 0.25) is 58.9 Å². The second-order valence-electron chi connectivity index (χ2n) is 22.6. The molecule has 0 amide bonds. The maximum atomic E-state index is 4.63. The molecule has 0 N–H and O–H groups in total. The minimum absolute atomic E-state index is 0. The number of aromatic nitrogens is 6. The van der Waals surface area contributed by atoms with Crippen LogP contribution < -0.4 is 15.6 Å². The molecule has 6 aromatic carbocycles. The van der Waals surface area contributed by atoms with Gasteiger partial charge in [0.15, 0.2) is 0 Å². The van der Waals surface area contributed by atoms with E-state index in [4.69, 9.17) is 0 Å². The third-order valence-corrected chi connectivity index (χ3v) is 19.0. The second-order valence-corrected chi connectivity index (χ2v) is 37.8. The van der Waals surface area contributed by atoms with Gasteiger partial charge < -0.3 is 13.7 Å². The molecule has 73 heavy (non-hydrogen) atoms. The zero-order valence-electron chi connectivity index (χ0n) is 45.8. The first kappa shape index (κ1) is 56.5. The minimum Gasteiger partial charge on any atom is -0.340 e. The minimum atomic E-state index is -1.49. The monoisotopic (exact) mass is 1190 g/mol. The van der Waals surface area contributed by atoms with Crippen LogP contribution in [0.25, 0.3) is 51.2 Å². The van der Waals surface area contributed by atoms with Crippen LogP contribution in [0.1, 0.15) is 76.0 Å². The van der Waals surface area contributed by atoms with Gasteiger partial charge in [-0.3, -0.25) is 15.0 Å². The van der Waals surface area contributed by atoms with E-state index < -0.39 is 24.2 Å². The van der Waals surface area contributed by atoms with Gasteiger partial charge in [0, 0.05) is 54.2 Å². The predicted octanol–water partition coefficient (Wildman–Crippen LogP) is 15.0. The summed E-state index contributed by atoms with van der Waals surface area (Å²) in [5, 5.41) is 4.43. The Bertz CT molecular complexity index is 2830. The molecule has 0 atom stereocenters. The number of imidazole rings is 3. The van der Waals surface area contributed by atoms with Crippen molar-refractivity contribution in [3.05, 3.63) is 199 Å². The van der Waals surface area contributed by atoms with Gasteiger partial charge in [0.1, 0.15) is 0 Å². The third kappa shape index (κ3) is 13.1. The fourth-order valence-electron chi connectivity index (χ4n) is 9.35. The van der Waals surface area contributed by atoms with Crippen LogP contribution in [0.4, 0.5) is 0 Å². The summed E-state index contributed by atoms with van der Waals surface area (Å²) in [6, 6.07) is 54.4. The van der Waals surface area contributed by atoms with Gasteiger partial charge in [-0.05, 0) is 50.0 Å². The van der Waals surface area contributed by atoms with Crippen molar-refractivity contribution in [1.82, 2.24) is 28.7 Å². The quantitative estimate of drug-likeness (QED) is 0.0905. The predicted molar refractivity (Wildman–Crippen MR) is 315 cm³/mol. The number of nitrogens with zero attached hydrogens (tertiary/aromatic N) is 6. The van der Waals surface area contributed by atoms with Gasteiger partial charge in [0.2, 0.25) is 0 Å². The second kappa shape index (κ2) is 24.1. The topological polar surface area (TPSA) is 53.5 Å². The standard InChI is InChI=1S/3C21H25N2Si.Ir/c3*1-16(2)18-12-9-13-19(24(3,4)5)20(18)23-15-14-22-21(23)17-10-7-6-8-11-17;/h3*6-10,12-16H,1-5H3;/q3*-1;+3. The molecular weight excluding hydrogens is 1120 g/mol. The van der Waals surface area contributed by atoms with Gasteiger partial charge in [-0.2, -0.15) is 0 Å². The van der Waals surface area contributed by atoms with Crippen molar-refractivity contribution in [2.45, 2.75) is 118 Å². The van der Waals surface area contributed by atoms with Crippen LogP contribution in [-0.4, -0.2) is 52.9 Å². The van der Waals surface area contributed by atoms with Crippen molar-refractivity contribution >= 4 is 39.8 Å². The summed E-state index contributed by atoms with van der Waals surface area (Å²) < 4.78 is 6.78. The Kier molecular flexibility index (Phi) is 18.6. The van der Waals surface area contributed by atoms with E-state index in [0.29, 0.717) is 17.8 Å². The molecule has 9 aromatic rings. The maximum absolute atomic E-state index is 4.63. The molecule has 3 heterocycles. The molecule has 3 aromatic heterocycles. The molecule has 0 aliphatic carbocycles. The average molecular weight is 1190 g/mol. The van der Waals surface area contributed by atoms with E-state index in [1.807, 2.05) is 73.2 Å². The van der Waals surface area contributed by atoms with Crippen molar-refractivity contribution in [2.24, 2.45) is 0 Å². The fourth-order valence-corrected chi connectivity index (χ4v) is 14.1. The Balaban J connectivity index is 0.000000177. The molecule has 6 nitrogen and oxygen atoms in total. The first-order valence-electron chi connectivity index (χ1n) is 25.6. The normalized spacial score (nSPS) is 11.8. The Labute approximate surface area is 454 Å². The molecule has 0 saturated heterocycles. The van der Waals surface area contributed by atoms with E-state index >= 15 is 0 Å². The molecule has 0 spiro atoms. The van der Waals surface area contributed by atoms with Gasteiger partial charge in [-0.1, -0.05) is 155 Å². The Morgan fingerprint density at radius 3 is 0.822 bits per heavy atom.